The van der Waals surface area contributed by atoms with Gasteiger partial charge in [0.15, 0.2) is 0 Å². The van der Waals surface area contributed by atoms with Crippen LogP contribution in [-0.4, -0.2) is 13.2 Å². The molecule has 0 unspecified atom stereocenters. The molecule has 0 fully saturated rings. The van der Waals surface area contributed by atoms with Crippen molar-refractivity contribution < 1.29 is 9.47 Å². The predicted octanol–water partition coefficient (Wildman–Crippen LogP) is 9.63. The van der Waals surface area contributed by atoms with E-state index in [0.29, 0.717) is 13.2 Å². The van der Waals surface area contributed by atoms with Gasteiger partial charge in [-0.15, -0.1) is 0 Å². The Balaban J connectivity index is 1.43. The normalized spacial score (nSPS) is 10.9. The van der Waals surface area contributed by atoms with Crippen molar-refractivity contribution in [2.45, 2.75) is 34.1 Å². The lowest BCUT2D eigenvalue weighted by atomic mass is 9.97. The number of halogens is 2. The highest BCUT2D eigenvalue weighted by Crippen LogP contribution is 2.37. The van der Waals surface area contributed by atoms with Gasteiger partial charge in [0.25, 0.3) is 0 Å². The molecule has 0 atom stereocenters. The van der Waals surface area contributed by atoms with Gasteiger partial charge in [-0.25, -0.2) is 0 Å². The number of hydrogen-bond acceptors (Lipinski definition) is 2. The van der Waals surface area contributed by atoms with Crippen molar-refractivity contribution in [3.05, 3.63) is 104 Å². The molecule has 0 spiro atoms. The zero-order chi connectivity index (χ0) is 24.9. The van der Waals surface area contributed by atoms with Crippen LogP contribution in [0.25, 0.3) is 22.3 Å². The molecule has 4 aromatic rings. The molecule has 0 N–H and O–H groups in total. The van der Waals surface area contributed by atoms with E-state index in [1.54, 1.807) is 0 Å². The molecule has 180 valence electrons. The molecular weight excluding hydrogens is 564 g/mol. The summed E-state index contributed by atoms with van der Waals surface area (Å²) in [5.74, 6) is 1.79. The smallest absolute Gasteiger partial charge is 0.127 e. The van der Waals surface area contributed by atoms with Gasteiger partial charge in [-0.2, -0.15) is 0 Å². The van der Waals surface area contributed by atoms with Crippen LogP contribution >= 0.6 is 31.9 Å². The van der Waals surface area contributed by atoms with Crippen molar-refractivity contribution in [2.75, 3.05) is 13.2 Å². The number of rotatable bonds is 8. The van der Waals surface area contributed by atoms with E-state index in [9.17, 15) is 0 Å². The zero-order valence-electron chi connectivity index (χ0n) is 20.6. The first-order valence-corrected chi connectivity index (χ1v) is 13.4. The molecule has 35 heavy (non-hydrogen) atoms. The molecular formula is C31H30Br2O2. The molecule has 0 saturated heterocycles. The van der Waals surface area contributed by atoms with Crippen LogP contribution in [0, 0.1) is 27.7 Å². The first-order valence-electron chi connectivity index (χ1n) is 11.8. The topological polar surface area (TPSA) is 18.5 Å². The Morgan fingerprint density at radius 2 is 0.943 bits per heavy atom. The lowest BCUT2D eigenvalue weighted by molar-refractivity contribution is 0.248. The lowest BCUT2D eigenvalue weighted by Gasteiger charge is -2.16. The molecule has 0 bridgehead atoms. The Morgan fingerprint density at radius 1 is 0.543 bits per heavy atom. The summed E-state index contributed by atoms with van der Waals surface area (Å²) < 4.78 is 14.7. The third-order valence-corrected chi connectivity index (χ3v) is 7.78. The third-order valence-electron chi connectivity index (χ3n) is 6.14. The monoisotopic (exact) mass is 592 g/mol. The fourth-order valence-electron chi connectivity index (χ4n) is 4.24. The number of aryl methyl sites for hydroxylation is 2. The van der Waals surface area contributed by atoms with E-state index in [1.165, 1.54) is 33.4 Å². The summed E-state index contributed by atoms with van der Waals surface area (Å²) in [7, 11) is 0. The first-order chi connectivity index (χ1) is 16.8. The fraction of sp³-hybridized carbons (Fsp3) is 0.226. The minimum atomic E-state index is 0.584. The second-order valence-corrected chi connectivity index (χ2v) is 10.6. The standard InChI is InChI=1S/C31H30Br2O2/c1-20-16-26(22(3)28(32)18-20)24-10-5-7-12-30(24)34-14-9-15-35-31-13-8-6-11-25(31)27-17-21(2)19-29(33)23(27)4/h5-8,10-13,16-19H,9,14-15H2,1-4H3. The van der Waals surface area contributed by atoms with Crippen molar-refractivity contribution in [1.82, 2.24) is 0 Å². The molecule has 4 rings (SSSR count). The van der Waals surface area contributed by atoms with Crippen molar-refractivity contribution in [3.63, 3.8) is 0 Å². The summed E-state index contributed by atoms with van der Waals surface area (Å²) in [4.78, 5) is 0. The van der Waals surface area contributed by atoms with Crippen molar-refractivity contribution in [2.24, 2.45) is 0 Å². The minimum absolute atomic E-state index is 0.584. The van der Waals surface area contributed by atoms with Crippen molar-refractivity contribution in [3.8, 4) is 33.8 Å². The largest absolute Gasteiger partial charge is 0.493 e. The van der Waals surface area contributed by atoms with Crippen LogP contribution < -0.4 is 9.47 Å². The summed E-state index contributed by atoms with van der Waals surface area (Å²) >= 11 is 7.38. The summed E-state index contributed by atoms with van der Waals surface area (Å²) in [6, 6.07) is 25.2. The maximum atomic E-state index is 6.23. The second-order valence-electron chi connectivity index (χ2n) is 8.88. The first kappa shape index (κ1) is 25.5. The molecule has 0 radical (unpaired) electrons. The van der Waals surface area contributed by atoms with E-state index >= 15 is 0 Å². The van der Waals surface area contributed by atoms with Gasteiger partial charge >= 0.3 is 0 Å². The summed E-state index contributed by atoms with van der Waals surface area (Å²) in [6.45, 7) is 9.66. The third kappa shape index (κ3) is 5.99. The highest BCUT2D eigenvalue weighted by molar-refractivity contribution is 9.10. The van der Waals surface area contributed by atoms with Crippen LogP contribution in [0.4, 0.5) is 0 Å². The average molecular weight is 594 g/mol. The number of benzene rings is 4. The number of hydrogen-bond donors (Lipinski definition) is 0. The SMILES string of the molecule is Cc1cc(Br)c(C)c(-c2ccccc2OCCCOc2ccccc2-c2cc(C)cc(Br)c2C)c1. The van der Waals surface area contributed by atoms with Crippen LogP contribution in [0.1, 0.15) is 28.7 Å². The molecule has 0 aromatic heterocycles. The summed E-state index contributed by atoms with van der Waals surface area (Å²) in [5.41, 5.74) is 9.47. The van der Waals surface area contributed by atoms with E-state index in [1.807, 2.05) is 24.3 Å². The number of para-hydroxylation sites is 2. The van der Waals surface area contributed by atoms with Crippen molar-refractivity contribution >= 4 is 31.9 Å². The van der Waals surface area contributed by atoms with E-state index < -0.39 is 0 Å². The van der Waals surface area contributed by atoms with Crippen LogP contribution in [0.15, 0.2) is 81.7 Å². The lowest BCUT2D eigenvalue weighted by Crippen LogP contribution is -2.06. The van der Waals surface area contributed by atoms with Crippen molar-refractivity contribution in [1.29, 1.82) is 0 Å². The van der Waals surface area contributed by atoms with Gasteiger partial charge < -0.3 is 9.47 Å². The molecule has 0 amide bonds. The summed E-state index contributed by atoms with van der Waals surface area (Å²) in [6.07, 6.45) is 0.787. The minimum Gasteiger partial charge on any atom is -0.493 e. The van der Waals surface area contributed by atoms with E-state index in [0.717, 1.165) is 38.0 Å². The average Bonchev–Trinajstić information content (AvgIpc) is 2.84. The van der Waals surface area contributed by atoms with E-state index in [4.69, 9.17) is 9.47 Å². The van der Waals surface area contributed by atoms with Gasteiger partial charge in [0.1, 0.15) is 11.5 Å². The van der Waals surface area contributed by atoms with Crippen LogP contribution in [-0.2, 0) is 0 Å². The Kier molecular flexibility index (Phi) is 8.35. The fourth-order valence-corrected chi connectivity index (χ4v) is 5.39. The summed E-state index contributed by atoms with van der Waals surface area (Å²) in [5, 5.41) is 0. The van der Waals surface area contributed by atoms with E-state index in [-0.39, 0.29) is 0 Å². The van der Waals surface area contributed by atoms with Gasteiger partial charge in [-0.05, 0) is 85.3 Å². The van der Waals surface area contributed by atoms with Crippen LogP contribution in [0.3, 0.4) is 0 Å². The van der Waals surface area contributed by atoms with Gasteiger partial charge in [-0.1, -0.05) is 80.4 Å². The quantitative estimate of drug-likeness (QED) is 0.189. The molecule has 0 heterocycles. The molecule has 0 aliphatic heterocycles. The van der Waals surface area contributed by atoms with Gasteiger partial charge in [-0.3, -0.25) is 0 Å². The highest BCUT2D eigenvalue weighted by Gasteiger charge is 2.13. The van der Waals surface area contributed by atoms with Crippen LogP contribution in [0.2, 0.25) is 0 Å². The highest BCUT2D eigenvalue weighted by atomic mass is 79.9. The predicted molar refractivity (Wildman–Crippen MR) is 154 cm³/mol. The molecule has 4 heteroatoms. The molecule has 0 aliphatic carbocycles. The molecule has 2 nitrogen and oxygen atoms in total. The van der Waals surface area contributed by atoms with E-state index in [2.05, 4.69) is 108 Å². The molecule has 0 saturated carbocycles. The van der Waals surface area contributed by atoms with Gasteiger partial charge in [0, 0.05) is 26.5 Å². The van der Waals surface area contributed by atoms with Crippen LogP contribution in [0.5, 0.6) is 11.5 Å². The molecule has 4 aromatic carbocycles. The van der Waals surface area contributed by atoms with Gasteiger partial charge in [0.2, 0.25) is 0 Å². The Hall–Kier alpha value is -2.56. The maximum Gasteiger partial charge on any atom is 0.127 e. The Labute approximate surface area is 225 Å². The number of ether oxygens (including phenoxy) is 2. The Bertz CT molecular complexity index is 1240. The zero-order valence-corrected chi connectivity index (χ0v) is 23.8. The molecule has 0 aliphatic rings. The maximum absolute atomic E-state index is 6.23. The Morgan fingerprint density at radius 3 is 1.37 bits per heavy atom. The second kappa shape index (κ2) is 11.5. The van der Waals surface area contributed by atoms with Gasteiger partial charge in [0.05, 0.1) is 13.2 Å².